The van der Waals surface area contributed by atoms with Crippen LogP contribution in [0, 0.1) is 6.92 Å². The van der Waals surface area contributed by atoms with E-state index in [4.69, 9.17) is 2.74 Å². The Balaban J connectivity index is 3.17. The fourth-order valence-electron chi connectivity index (χ4n) is 0.366. The quantitative estimate of drug-likeness (QED) is 0.476. The maximum Gasteiger partial charge on any atom is 0.0840 e. The summed E-state index contributed by atoms with van der Waals surface area (Å²) in [4.78, 5) is 3.78. The Morgan fingerprint density at radius 3 is 3.29 bits per heavy atom. The van der Waals surface area contributed by atoms with Crippen LogP contribution in [-0.4, -0.2) is 4.98 Å². The molecule has 1 aromatic heterocycles. The summed E-state index contributed by atoms with van der Waals surface area (Å²) in [6.07, 6.45) is 0.167. The first-order valence-electron chi connectivity index (χ1n) is 3.10. The van der Waals surface area contributed by atoms with E-state index in [0.29, 0.717) is 6.04 Å². The van der Waals surface area contributed by atoms with Crippen molar-refractivity contribution < 1.29 is 2.74 Å². The molecule has 0 bridgehead atoms. The minimum atomic E-state index is 0.167. The Morgan fingerprint density at radius 2 is 2.71 bits per heavy atom. The van der Waals surface area contributed by atoms with Crippen LogP contribution >= 0.6 is 0 Å². The molecule has 0 radical (unpaired) electrons. The second-order valence-electron chi connectivity index (χ2n) is 1.34. The molecule has 1 rings (SSSR count). The van der Waals surface area contributed by atoms with Crippen LogP contribution in [0.25, 0.3) is 0 Å². The fourth-order valence-corrected chi connectivity index (χ4v) is 0.366. The molecule has 1 heteroatoms. The maximum absolute atomic E-state index is 7.12. The van der Waals surface area contributed by atoms with Crippen molar-refractivity contribution in [3.63, 3.8) is 0 Å². The highest BCUT2D eigenvalue weighted by atomic mass is 14.6. The Hall–Kier alpha value is -0.850. The van der Waals surface area contributed by atoms with E-state index in [-0.39, 0.29) is 6.17 Å². The summed E-state index contributed by atoms with van der Waals surface area (Å²) in [7, 11) is 0. The number of hydrogen-bond donors (Lipinski definition) is 0. The van der Waals surface area contributed by atoms with Crippen LogP contribution in [0.4, 0.5) is 0 Å². The first-order chi connectivity index (χ1) is 4.18. The molecule has 0 spiro atoms. The van der Waals surface area contributed by atoms with Crippen LogP contribution in [0.5, 0.6) is 0 Å². The third kappa shape index (κ3) is 1.000. The topological polar surface area (TPSA) is 12.9 Å². The lowest BCUT2D eigenvalue weighted by Crippen LogP contribution is -1.72. The fraction of sp³-hybridized carbons (Fsp3) is 0.167. The zero-order chi connectivity index (χ0) is 6.85. The van der Waals surface area contributed by atoms with Gasteiger partial charge in [-0.3, -0.25) is 4.98 Å². The van der Waals surface area contributed by atoms with E-state index >= 15 is 0 Å². The average Bonchev–Trinajstić information content (AvgIpc) is 1.59. The van der Waals surface area contributed by atoms with Crippen molar-refractivity contribution in [3.05, 3.63) is 30.0 Å². The number of rotatable bonds is 0. The van der Waals surface area contributed by atoms with Gasteiger partial charge in [-0.1, -0.05) is 6.04 Å². The number of aromatic nitrogens is 1. The second kappa shape index (κ2) is 1.73. The molecule has 1 aromatic rings. The van der Waals surface area contributed by atoms with Crippen molar-refractivity contribution in [3.8, 4) is 0 Å². The highest BCUT2D eigenvalue weighted by Gasteiger charge is 1.73. The first-order valence-corrected chi connectivity index (χ1v) is 2.10. The molecule has 7 heavy (non-hydrogen) atoms. The molecular formula is C6H7N. The third-order valence-electron chi connectivity index (χ3n) is 0.681. The maximum atomic E-state index is 7.12. The Labute approximate surface area is 45.8 Å². The summed E-state index contributed by atoms with van der Waals surface area (Å²) >= 11 is 0. The standard InChI is InChI=1S/C6H7N/c1-6-4-2-3-5-7-6/h2-5H,1H3/i2T,5T. The summed E-state index contributed by atoms with van der Waals surface area (Å²) in [6.45, 7) is 1.77. The Bertz CT molecular complexity index is 172. The molecule has 0 aliphatic heterocycles. The molecule has 0 amide bonds. The third-order valence-corrected chi connectivity index (χ3v) is 0.681. The predicted molar refractivity (Wildman–Crippen MR) is 29.0 cm³/mol. The van der Waals surface area contributed by atoms with Gasteiger partial charge in [-0.25, -0.2) is 0 Å². The lowest BCUT2D eigenvalue weighted by Gasteiger charge is -1.82. The smallest absolute Gasteiger partial charge is 0.0840 e. The highest BCUT2D eigenvalue weighted by molar-refractivity contribution is 4.99. The summed E-state index contributed by atoms with van der Waals surface area (Å²) in [5, 5.41) is 0. The van der Waals surface area contributed by atoms with Gasteiger partial charge in [0.1, 0.15) is 0 Å². The van der Waals surface area contributed by atoms with Gasteiger partial charge >= 0.3 is 0 Å². The summed E-state index contributed by atoms with van der Waals surface area (Å²) in [5.74, 6) is 0. The van der Waals surface area contributed by atoms with Crippen molar-refractivity contribution in [2.45, 2.75) is 6.92 Å². The second-order valence-corrected chi connectivity index (χ2v) is 1.34. The number of hydrogen-bond acceptors (Lipinski definition) is 1. The molecule has 0 aliphatic rings. The number of nitrogens with zero attached hydrogens (tertiary/aromatic N) is 1. The molecule has 0 fully saturated rings. The summed E-state index contributed by atoms with van der Waals surface area (Å²) in [5.41, 5.74) is 0.729. The van der Waals surface area contributed by atoms with Crippen LogP contribution in [0.2, 0.25) is 0 Å². The van der Waals surface area contributed by atoms with Crippen LogP contribution in [0.15, 0.2) is 24.3 Å². The molecule has 1 nitrogen and oxygen atoms in total. The Morgan fingerprint density at radius 1 is 1.86 bits per heavy atom. The largest absolute Gasteiger partial charge is 0.262 e. The number of pyridine rings is 1. The lowest BCUT2D eigenvalue weighted by atomic mass is 10.4. The van der Waals surface area contributed by atoms with Gasteiger partial charge < -0.3 is 0 Å². The minimum Gasteiger partial charge on any atom is -0.262 e. The monoisotopic (exact) mass is 97.1 g/mol. The van der Waals surface area contributed by atoms with Crippen LogP contribution < -0.4 is 0 Å². The highest BCUT2D eigenvalue weighted by Crippen LogP contribution is 1.85. The van der Waals surface area contributed by atoms with E-state index < -0.39 is 0 Å². The van der Waals surface area contributed by atoms with E-state index in [1.54, 1.807) is 13.0 Å². The van der Waals surface area contributed by atoms with Crippen molar-refractivity contribution in [1.29, 1.82) is 0 Å². The summed E-state index contributed by atoms with van der Waals surface area (Å²) < 4.78 is 14.2. The first kappa shape index (κ1) is 2.46. The zero-order valence-electron chi connectivity index (χ0n) is 6.10. The van der Waals surface area contributed by atoms with E-state index in [0.717, 1.165) is 5.69 Å². The SMILES string of the molecule is [3H]c1cc([3H])nc(C)c1. The minimum absolute atomic E-state index is 0.167. The van der Waals surface area contributed by atoms with Gasteiger partial charge in [0.25, 0.3) is 0 Å². The van der Waals surface area contributed by atoms with Crippen molar-refractivity contribution >= 4 is 0 Å². The van der Waals surface area contributed by atoms with E-state index in [1.807, 2.05) is 0 Å². The number of aryl methyl sites for hydroxylation is 1. The zero-order valence-corrected chi connectivity index (χ0v) is 4.10. The van der Waals surface area contributed by atoms with Gasteiger partial charge in [0.15, 0.2) is 0 Å². The van der Waals surface area contributed by atoms with Gasteiger partial charge in [0.2, 0.25) is 0 Å². The van der Waals surface area contributed by atoms with Gasteiger partial charge in [-0.05, 0) is 19.1 Å². The van der Waals surface area contributed by atoms with Crippen LogP contribution in [0.1, 0.15) is 8.44 Å². The molecule has 0 saturated carbocycles. The van der Waals surface area contributed by atoms with E-state index in [9.17, 15) is 0 Å². The Kier molecular flexibility index (Phi) is 0.609. The van der Waals surface area contributed by atoms with Gasteiger partial charge in [0.05, 0.1) is 2.74 Å². The van der Waals surface area contributed by atoms with Crippen LogP contribution in [-0.2, 0) is 0 Å². The van der Waals surface area contributed by atoms with Gasteiger partial charge in [-0.15, -0.1) is 0 Å². The molecule has 0 unspecified atom stereocenters. The molecule has 36 valence electrons. The lowest BCUT2D eigenvalue weighted by molar-refractivity contribution is 1.20. The van der Waals surface area contributed by atoms with Crippen LogP contribution in [0.3, 0.4) is 0 Å². The van der Waals surface area contributed by atoms with E-state index in [1.165, 1.54) is 6.07 Å². The average molecular weight is 97.1 g/mol. The molecule has 1 heterocycles. The normalized spacial score (nSPS) is 12.7. The van der Waals surface area contributed by atoms with Gasteiger partial charge in [-0.2, -0.15) is 0 Å². The molecule has 0 N–H and O–H groups in total. The molecule has 0 aromatic carbocycles. The molecule has 0 saturated heterocycles. The predicted octanol–water partition coefficient (Wildman–Crippen LogP) is 1.39. The van der Waals surface area contributed by atoms with Gasteiger partial charge in [0, 0.05) is 11.9 Å². The van der Waals surface area contributed by atoms with Crippen molar-refractivity contribution in [2.24, 2.45) is 0 Å². The van der Waals surface area contributed by atoms with Crippen molar-refractivity contribution in [2.75, 3.05) is 0 Å². The molecule has 0 atom stereocenters. The van der Waals surface area contributed by atoms with Crippen molar-refractivity contribution in [1.82, 2.24) is 4.98 Å². The summed E-state index contributed by atoms with van der Waals surface area (Å²) in [6, 6.07) is 3.39. The van der Waals surface area contributed by atoms with E-state index in [2.05, 4.69) is 4.98 Å². The molecular weight excluding hydrogens is 86.1 g/mol. The molecule has 0 aliphatic carbocycles.